The molecule has 1 aliphatic heterocycles. The molecule has 4 nitrogen and oxygen atoms in total. The van der Waals surface area contributed by atoms with Gasteiger partial charge in [-0.25, -0.2) is 0 Å². The van der Waals surface area contributed by atoms with E-state index in [1.54, 1.807) is 0 Å². The summed E-state index contributed by atoms with van der Waals surface area (Å²) in [6.07, 6.45) is 4.77. The van der Waals surface area contributed by atoms with Crippen LogP contribution >= 0.6 is 0 Å². The molecule has 118 valence electrons. The fourth-order valence-electron chi connectivity index (χ4n) is 4.00. The Labute approximate surface area is 124 Å². The third-order valence-corrected chi connectivity index (χ3v) is 5.27. The number of hydrogen-bond donors (Lipinski definition) is 2. The number of rotatable bonds is 5. The third kappa shape index (κ3) is 3.73. The Hall–Kier alpha value is -0.160. The molecule has 0 aromatic rings. The van der Waals surface area contributed by atoms with Crippen LogP contribution in [0.15, 0.2) is 0 Å². The zero-order valence-corrected chi connectivity index (χ0v) is 13.6. The van der Waals surface area contributed by atoms with Gasteiger partial charge in [-0.3, -0.25) is 9.80 Å². The van der Waals surface area contributed by atoms with Gasteiger partial charge in [-0.2, -0.15) is 0 Å². The SMILES string of the molecule is CCNC1(CO)CCCC(N2CCN(C(C)C)CC2)C1. The van der Waals surface area contributed by atoms with Crippen molar-refractivity contribution < 1.29 is 5.11 Å². The lowest BCUT2D eigenvalue weighted by atomic mass is 9.78. The van der Waals surface area contributed by atoms with Crippen LogP contribution < -0.4 is 5.32 Å². The summed E-state index contributed by atoms with van der Waals surface area (Å²) in [5.74, 6) is 0. The van der Waals surface area contributed by atoms with Gasteiger partial charge < -0.3 is 10.4 Å². The minimum absolute atomic E-state index is 0.0210. The summed E-state index contributed by atoms with van der Waals surface area (Å²) in [7, 11) is 0. The minimum atomic E-state index is -0.0210. The van der Waals surface area contributed by atoms with Crippen molar-refractivity contribution in [2.45, 2.75) is 64.1 Å². The molecule has 20 heavy (non-hydrogen) atoms. The Balaban J connectivity index is 1.90. The number of hydrogen-bond acceptors (Lipinski definition) is 4. The summed E-state index contributed by atoms with van der Waals surface area (Å²) in [5.41, 5.74) is -0.0210. The van der Waals surface area contributed by atoms with Crippen LogP contribution in [0.3, 0.4) is 0 Å². The number of nitrogens with zero attached hydrogens (tertiary/aromatic N) is 2. The van der Waals surface area contributed by atoms with Gasteiger partial charge in [0.2, 0.25) is 0 Å². The zero-order chi connectivity index (χ0) is 14.6. The lowest BCUT2D eigenvalue weighted by molar-refractivity contribution is 0.0265. The molecule has 2 atom stereocenters. The molecule has 2 unspecified atom stereocenters. The number of nitrogens with one attached hydrogen (secondary N) is 1. The molecule has 1 saturated heterocycles. The predicted octanol–water partition coefficient (Wildman–Crippen LogP) is 1.30. The van der Waals surface area contributed by atoms with Crippen LogP contribution in [-0.2, 0) is 0 Å². The van der Waals surface area contributed by atoms with Crippen LogP contribution in [0.1, 0.15) is 46.5 Å². The highest BCUT2D eigenvalue weighted by molar-refractivity contribution is 4.97. The first-order valence-corrected chi connectivity index (χ1v) is 8.44. The van der Waals surface area contributed by atoms with E-state index < -0.39 is 0 Å². The molecule has 4 heteroatoms. The van der Waals surface area contributed by atoms with Crippen molar-refractivity contribution in [1.29, 1.82) is 0 Å². The molecule has 2 aliphatic rings. The van der Waals surface area contributed by atoms with E-state index in [-0.39, 0.29) is 12.1 Å². The Morgan fingerprint density at radius 3 is 2.50 bits per heavy atom. The molecule has 2 fully saturated rings. The second kappa shape index (κ2) is 7.21. The fourth-order valence-corrected chi connectivity index (χ4v) is 4.00. The summed E-state index contributed by atoms with van der Waals surface area (Å²) in [4.78, 5) is 5.24. The van der Waals surface area contributed by atoms with Crippen LogP contribution in [0.2, 0.25) is 0 Å². The Bertz CT molecular complexity index is 285. The number of aliphatic hydroxyl groups is 1. The predicted molar refractivity (Wildman–Crippen MR) is 84.0 cm³/mol. The van der Waals surface area contributed by atoms with Crippen LogP contribution in [0.25, 0.3) is 0 Å². The first-order chi connectivity index (χ1) is 9.60. The maximum absolute atomic E-state index is 9.81. The Morgan fingerprint density at radius 2 is 1.95 bits per heavy atom. The van der Waals surface area contributed by atoms with E-state index in [4.69, 9.17) is 0 Å². The van der Waals surface area contributed by atoms with Crippen LogP contribution in [0.5, 0.6) is 0 Å². The largest absolute Gasteiger partial charge is 0.394 e. The van der Waals surface area contributed by atoms with Gasteiger partial charge >= 0.3 is 0 Å². The summed E-state index contributed by atoms with van der Waals surface area (Å²) in [6.45, 7) is 12.7. The van der Waals surface area contributed by atoms with E-state index in [1.165, 1.54) is 39.0 Å². The molecule has 0 amide bonds. The molecule has 1 aliphatic carbocycles. The van der Waals surface area contributed by atoms with E-state index in [0.29, 0.717) is 12.1 Å². The standard InChI is InChI=1S/C16H33N3O/c1-4-17-16(13-20)7-5-6-15(12-16)19-10-8-18(9-11-19)14(2)3/h14-15,17,20H,4-13H2,1-3H3. The lowest BCUT2D eigenvalue weighted by Gasteiger charge is -2.47. The third-order valence-electron chi connectivity index (χ3n) is 5.27. The van der Waals surface area contributed by atoms with E-state index in [9.17, 15) is 5.11 Å². The molecular weight excluding hydrogens is 250 g/mol. The summed E-state index contributed by atoms with van der Waals surface area (Å²) >= 11 is 0. The van der Waals surface area contributed by atoms with Gasteiger partial charge in [0.25, 0.3) is 0 Å². The molecule has 0 aromatic heterocycles. The number of piperazine rings is 1. The van der Waals surface area contributed by atoms with Gasteiger partial charge in [0.05, 0.1) is 6.61 Å². The topological polar surface area (TPSA) is 38.7 Å². The second-order valence-electron chi connectivity index (χ2n) is 6.88. The maximum Gasteiger partial charge on any atom is 0.0613 e. The van der Waals surface area contributed by atoms with E-state index >= 15 is 0 Å². The Kier molecular flexibility index (Phi) is 5.84. The second-order valence-corrected chi connectivity index (χ2v) is 6.88. The van der Waals surface area contributed by atoms with Crippen molar-refractivity contribution in [2.24, 2.45) is 0 Å². The molecule has 2 rings (SSSR count). The monoisotopic (exact) mass is 283 g/mol. The van der Waals surface area contributed by atoms with Gasteiger partial charge in [-0.05, 0) is 46.1 Å². The van der Waals surface area contributed by atoms with Crippen LogP contribution in [0.4, 0.5) is 0 Å². The zero-order valence-electron chi connectivity index (χ0n) is 13.6. The first kappa shape index (κ1) is 16.2. The van der Waals surface area contributed by atoms with Gasteiger partial charge in [0.1, 0.15) is 0 Å². The molecule has 1 saturated carbocycles. The van der Waals surface area contributed by atoms with Gasteiger partial charge in [0.15, 0.2) is 0 Å². The molecule has 2 N–H and O–H groups in total. The van der Waals surface area contributed by atoms with E-state index in [1.807, 2.05) is 0 Å². The fraction of sp³-hybridized carbons (Fsp3) is 1.00. The highest BCUT2D eigenvalue weighted by Gasteiger charge is 2.38. The molecule has 0 bridgehead atoms. The van der Waals surface area contributed by atoms with E-state index in [2.05, 4.69) is 35.9 Å². The average Bonchev–Trinajstić information content (AvgIpc) is 2.48. The smallest absolute Gasteiger partial charge is 0.0613 e. The minimum Gasteiger partial charge on any atom is -0.394 e. The van der Waals surface area contributed by atoms with Crippen molar-refractivity contribution in [1.82, 2.24) is 15.1 Å². The number of likely N-dealkylation sites (N-methyl/N-ethyl adjacent to an activating group) is 1. The molecule has 0 aromatic carbocycles. The maximum atomic E-state index is 9.81. The Morgan fingerprint density at radius 1 is 1.25 bits per heavy atom. The van der Waals surface area contributed by atoms with Crippen molar-refractivity contribution in [2.75, 3.05) is 39.3 Å². The van der Waals surface area contributed by atoms with E-state index in [0.717, 1.165) is 19.4 Å². The average molecular weight is 283 g/mol. The first-order valence-electron chi connectivity index (χ1n) is 8.44. The molecule has 0 spiro atoms. The quantitative estimate of drug-likeness (QED) is 0.798. The highest BCUT2D eigenvalue weighted by Crippen LogP contribution is 2.31. The molecule has 1 heterocycles. The van der Waals surface area contributed by atoms with Crippen LogP contribution in [-0.4, -0.2) is 71.9 Å². The summed E-state index contributed by atoms with van der Waals surface area (Å²) < 4.78 is 0. The van der Waals surface area contributed by atoms with Crippen molar-refractivity contribution >= 4 is 0 Å². The summed E-state index contributed by atoms with van der Waals surface area (Å²) in [5, 5.41) is 13.4. The summed E-state index contributed by atoms with van der Waals surface area (Å²) in [6, 6.07) is 1.33. The normalized spacial score (nSPS) is 33.8. The molecular formula is C16H33N3O. The van der Waals surface area contributed by atoms with Crippen molar-refractivity contribution in [3.05, 3.63) is 0 Å². The van der Waals surface area contributed by atoms with Crippen molar-refractivity contribution in [3.63, 3.8) is 0 Å². The van der Waals surface area contributed by atoms with Gasteiger partial charge in [-0.15, -0.1) is 0 Å². The van der Waals surface area contributed by atoms with Crippen LogP contribution in [0, 0.1) is 0 Å². The lowest BCUT2D eigenvalue weighted by Crippen LogP contribution is -2.59. The van der Waals surface area contributed by atoms with Crippen molar-refractivity contribution in [3.8, 4) is 0 Å². The molecule has 0 radical (unpaired) electrons. The highest BCUT2D eigenvalue weighted by atomic mass is 16.3. The number of aliphatic hydroxyl groups excluding tert-OH is 1. The van der Waals surface area contributed by atoms with Gasteiger partial charge in [-0.1, -0.05) is 6.92 Å². The van der Waals surface area contributed by atoms with Gasteiger partial charge in [0, 0.05) is 43.8 Å².